The van der Waals surface area contributed by atoms with E-state index in [1.165, 1.54) is 12.4 Å². The summed E-state index contributed by atoms with van der Waals surface area (Å²) in [6.07, 6.45) is 3.40. The molecule has 2 rings (SSSR count). The molecule has 0 saturated heterocycles. The molecule has 0 saturated carbocycles. The summed E-state index contributed by atoms with van der Waals surface area (Å²) in [5, 5.41) is 15.7. The molecular formula is C11H12N4O3. The van der Waals surface area contributed by atoms with E-state index in [1.807, 2.05) is 0 Å². The Balaban J connectivity index is 1.96. The van der Waals surface area contributed by atoms with Crippen molar-refractivity contribution in [3.63, 3.8) is 0 Å². The van der Waals surface area contributed by atoms with Crippen LogP contribution in [0.5, 0.6) is 0 Å². The highest BCUT2D eigenvalue weighted by molar-refractivity contribution is 5.93. The number of rotatable bonds is 5. The number of pyridine rings is 1. The standard InChI is InChI=1S/C11H12N4O3/c1-7-14-10(15-18-7)3-5-13-9-2-4-12-6-8(9)11(16)17/h2,4,6H,3,5H2,1H3,(H,12,13)(H,16,17). The van der Waals surface area contributed by atoms with Crippen LogP contribution in [0.2, 0.25) is 0 Å². The van der Waals surface area contributed by atoms with Gasteiger partial charge in [0.25, 0.3) is 0 Å². The third-order valence-corrected chi connectivity index (χ3v) is 2.29. The van der Waals surface area contributed by atoms with Gasteiger partial charge in [-0.1, -0.05) is 5.16 Å². The number of aromatic carboxylic acids is 1. The lowest BCUT2D eigenvalue weighted by atomic mass is 10.2. The predicted molar refractivity (Wildman–Crippen MR) is 62.4 cm³/mol. The van der Waals surface area contributed by atoms with E-state index in [1.54, 1.807) is 13.0 Å². The maximum atomic E-state index is 10.9. The van der Waals surface area contributed by atoms with Gasteiger partial charge in [0.2, 0.25) is 5.89 Å². The van der Waals surface area contributed by atoms with Gasteiger partial charge in [0.1, 0.15) is 5.56 Å². The first-order valence-electron chi connectivity index (χ1n) is 5.37. The first-order valence-corrected chi connectivity index (χ1v) is 5.37. The Morgan fingerprint density at radius 2 is 2.39 bits per heavy atom. The Morgan fingerprint density at radius 3 is 3.06 bits per heavy atom. The number of hydrogen-bond donors (Lipinski definition) is 2. The molecule has 0 atom stereocenters. The lowest BCUT2D eigenvalue weighted by Gasteiger charge is -2.07. The van der Waals surface area contributed by atoms with Crippen LogP contribution in [0, 0.1) is 6.92 Å². The fourth-order valence-corrected chi connectivity index (χ4v) is 1.47. The van der Waals surface area contributed by atoms with E-state index >= 15 is 0 Å². The van der Waals surface area contributed by atoms with E-state index in [9.17, 15) is 4.79 Å². The summed E-state index contributed by atoms with van der Waals surface area (Å²) in [7, 11) is 0. The molecule has 18 heavy (non-hydrogen) atoms. The summed E-state index contributed by atoms with van der Waals surface area (Å²) in [5.74, 6) is 0.0899. The van der Waals surface area contributed by atoms with Crippen LogP contribution in [0.1, 0.15) is 22.1 Å². The SMILES string of the molecule is Cc1nc(CCNc2ccncc2C(=O)O)no1. The van der Waals surface area contributed by atoms with Crippen molar-refractivity contribution in [3.8, 4) is 0 Å². The van der Waals surface area contributed by atoms with E-state index in [4.69, 9.17) is 9.63 Å². The molecule has 2 aromatic heterocycles. The summed E-state index contributed by atoms with van der Waals surface area (Å²) in [4.78, 5) is 18.8. The van der Waals surface area contributed by atoms with Crippen LogP contribution in [0.15, 0.2) is 23.0 Å². The maximum Gasteiger partial charge on any atom is 0.339 e. The van der Waals surface area contributed by atoms with Crippen molar-refractivity contribution >= 4 is 11.7 Å². The number of nitrogens with zero attached hydrogens (tertiary/aromatic N) is 3. The van der Waals surface area contributed by atoms with Crippen LogP contribution >= 0.6 is 0 Å². The van der Waals surface area contributed by atoms with Gasteiger partial charge < -0.3 is 14.9 Å². The molecule has 7 nitrogen and oxygen atoms in total. The fourth-order valence-electron chi connectivity index (χ4n) is 1.47. The van der Waals surface area contributed by atoms with Gasteiger partial charge in [0.05, 0.1) is 5.69 Å². The van der Waals surface area contributed by atoms with Crippen LogP contribution in [-0.4, -0.2) is 32.7 Å². The molecule has 94 valence electrons. The quantitative estimate of drug-likeness (QED) is 0.817. The Morgan fingerprint density at radius 1 is 1.56 bits per heavy atom. The molecule has 0 aliphatic carbocycles. The number of nitrogens with one attached hydrogen (secondary N) is 1. The molecule has 0 spiro atoms. The lowest BCUT2D eigenvalue weighted by Crippen LogP contribution is -2.10. The molecule has 0 bridgehead atoms. The zero-order chi connectivity index (χ0) is 13.0. The predicted octanol–water partition coefficient (Wildman–Crippen LogP) is 1.13. The van der Waals surface area contributed by atoms with Crippen LogP contribution in [-0.2, 0) is 6.42 Å². The van der Waals surface area contributed by atoms with Gasteiger partial charge in [-0.2, -0.15) is 4.98 Å². The Kier molecular flexibility index (Phi) is 3.52. The Labute approximate surface area is 103 Å². The van der Waals surface area contributed by atoms with Gasteiger partial charge in [-0.15, -0.1) is 0 Å². The van der Waals surface area contributed by atoms with E-state index < -0.39 is 5.97 Å². The number of anilines is 1. The summed E-state index contributed by atoms with van der Waals surface area (Å²) < 4.78 is 4.84. The first-order chi connectivity index (χ1) is 8.66. The van der Waals surface area contributed by atoms with Gasteiger partial charge in [0, 0.05) is 32.3 Å². The molecule has 0 radical (unpaired) electrons. The van der Waals surface area contributed by atoms with Crippen molar-refractivity contribution in [1.82, 2.24) is 15.1 Å². The molecule has 0 amide bonds. The van der Waals surface area contributed by atoms with Gasteiger partial charge in [0.15, 0.2) is 5.82 Å². The third-order valence-electron chi connectivity index (χ3n) is 2.29. The summed E-state index contributed by atoms with van der Waals surface area (Å²) >= 11 is 0. The molecule has 0 aliphatic heterocycles. The van der Waals surface area contributed by atoms with E-state index in [-0.39, 0.29) is 5.56 Å². The number of carbonyl (C=O) groups is 1. The smallest absolute Gasteiger partial charge is 0.339 e. The average Bonchev–Trinajstić information content (AvgIpc) is 2.75. The second-order valence-corrected chi connectivity index (χ2v) is 3.63. The van der Waals surface area contributed by atoms with Crippen molar-refractivity contribution in [3.05, 3.63) is 35.7 Å². The average molecular weight is 248 g/mol. The number of hydrogen-bond acceptors (Lipinski definition) is 6. The number of carboxylic acids is 1. The van der Waals surface area contributed by atoms with Gasteiger partial charge >= 0.3 is 5.97 Å². The topological polar surface area (TPSA) is 101 Å². The minimum Gasteiger partial charge on any atom is -0.478 e. The van der Waals surface area contributed by atoms with Crippen molar-refractivity contribution in [2.24, 2.45) is 0 Å². The van der Waals surface area contributed by atoms with Crippen LogP contribution in [0.25, 0.3) is 0 Å². The highest BCUT2D eigenvalue weighted by atomic mass is 16.5. The Bertz CT molecular complexity index is 553. The summed E-state index contributed by atoms with van der Waals surface area (Å²) in [5.41, 5.74) is 0.666. The van der Waals surface area contributed by atoms with Crippen molar-refractivity contribution in [2.45, 2.75) is 13.3 Å². The molecule has 2 N–H and O–H groups in total. The molecule has 0 unspecified atom stereocenters. The van der Waals surface area contributed by atoms with Gasteiger partial charge in [-0.3, -0.25) is 4.98 Å². The third kappa shape index (κ3) is 2.82. The number of carboxylic acid groups (broad SMARTS) is 1. The zero-order valence-electron chi connectivity index (χ0n) is 9.75. The molecule has 7 heteroatoms. The first kappa shape index (κ1) is 12.0. The van der Waals surface area contributed by atoms with Crippen molar-refractivity contribution < 1.29 is 14.4 Å². The molecular weight excluding hydrogens is 236 g/mol. The number of aromatic nitrogens is 3. The lowest BCUT2D eigenvalue weighted by molar-refractivity contribution is 0.0697. The molecule has 0 fully saturated rings. The normalized spacial score (nSPS) is 10.3. The van der Waals surface area contributed by atoms with E-state index in [0.29, 0.717) is 30.4 Å². The zero-order valence-corrected chi connectivity index (χ0v) is 9.75. The highest BCUT2D eigenvalue weighted by Crippen LogP contribution is 2.13. The van der Waals surface area contributed by atoms with E-state index in [0.717, 1.165) is 0 Å². The van der Waals surface area contributed by atoms with Crippen molar-refractivity contribution in [2.75, 3.05) is 11.9 Å². The van der Waals surface area contributed by atoms with Crippen LogP contribution in [0.4, 0.5) is 5.69 Å². The maximum absolute atomic E-state index is 10.9. The van der Waals surface area contributed by atoms with Crippen molar-refractivity contribution in [1.29, 1.82) is 0 Å². The van der Waals surface area contributed by atoms with Crippen LogP contribution < -0.4 is 5.32 Å². The number of aryl methyl sites for hydroxylation is 1. The molecule has 0 aromatic carbocycles. The Hall–Kier alpha value is -2.44. The van der Waals surface area contributed by atoms with E-state index in [2.05, 4.69) is 20.4 Å². The molecule has 2 aromatic rings. The minimum atomic E-state index is -1.01. The second-order valence-electron chi connectivity index (χ2n) is 3.63. The minimum absolute atomic E-state index is 0.141. The fraction of sp³-hybridized carbons (Fsp3) is 0.273. The molecule has 0 aliphatic rings. The largest absolute Gasteiger partial charge is 0.478 e. The van der Waals surface area contributed by atoms with Crippen LogP contribution in [0.3, 0.4) is 0 Å². The summed E-state index contributed by atoms with van der Waals surface area (Å²) in [6, 6.07) is 1.62. The second kappa shape index (κ2) is 5.26. The summed E-state index contributed by atoms with van der Waals surface area (Å²) in [6.45, 7) is 2.23. The monoisotopic (exact) mass is 248 g/mol. The highest BCUT2D eigenvalue weighted by Gasteiger charge is 2.09. The molecule has 2 heterocycles. The van der Waals surface area contributed by atoms with Gasteiger partial charge in [-0.05, 0) is 6.07 Å². The van der Waals surface area contributed by atoms with Gasteiger partial charge in [-0.25, -0.2) is 4.79 Å².